The zero-order valence-corrected chi connectivity index (χ0v) is 6.66. The standard InChI is InChI=1S/C7H11NO3/c1-3-7(8(10)11)5-4-6(2)9/h3H,4-5H2,1-2H3/b7-3-. The first-order valence-corrected chi connectivity index (χ1v) is 3.37. The molecular formula is C7H11NO3. The van der Waals surface area contributed by atoms with Crippen LogP contribution in [0.25, 0.3) is 0 Å². The van der Waals surface area contributed by atoms with Gasteiger partial charge in [-0.15, -0.1) is 0 Å². The number of allylic oxidation sites excluding steroid dienone is 2. The molecule has 0 unspecified atom stereocenters. The third-order valence-electron chi connectivity index (χ3n) is 1.30. The third kappa shape index (κ3) is 4.25. The summed E-state index contributed by atoms with van der Waals surface area (Å²) in [7, 11) is 0. The summed E-state index contributed by atoms with van der Waals surface area (Å²) in [5.41, 5.74) is 0.111. The van der Waals surface area contributed by atoms with E-state index >= 15 is 0 Å². The number of nitrogens with zero attached hydrogens (tertiary/aromatic N) is 1. The van der Waals surface area contributed by atoms with Crippen LogP contribution in [0.4, 0.5) is 0 Å². The monoisotopic (exact) mass is 157 g/mol. The Morgan fingerprint density at radius 1 is 1.55 bits per heavy atom. The molecule has 0 N–H and O–H groups in total. The highest BCUT2D eigenvalue weighted by molar-refractivity contribution is 5.75. The zero-order valence-electron chi connectivity index (χ0n) is 6.66. The molecule has 11 heavy (non-hydrogen) atoms. The highest BCUT2D eigenvalue weighted by Gasteiger charge is 2.08. The van der Waals surface area contributed by atoms with Gasteiger partial charge in [0.15, 0.2) is 0 Å². The van der Waals surface area contributed by atoms with Gasteiger partial charge in [-0.05, 0) is 19.9 Å². The van der Waals surface area contributed by atoms with Crippen molar-refractivity contribution in [3.05, 3.63) is 21.9 Å². The second-order valence-corrected chi connectivity index (χ2v) is 2.24. The van der Waals surface area contributed by atoms with Crippen LogP contribution in [0.1, 0.15) is 26.7 Å². The van der Waals surface area contributed by atoms with Crippen LogP contribution in [-0.4, -0.2) is 10.7 Å². The summed E-state index contributed by atoms with van der Waals surface area (Å²) in [6.07, 6.45) is 1.91. The second kappa shape index (κ2) is 4.60. The third-order valence-corrected chi connectivity index (χ3v) is 1.30. The Balaban J connectivity index is 3.92. The topological polar surface area (TPSA) is 60.2 Å². The molecule has 0 aliphatic carbocycles. The molecule has 0 aromatic heterocycles. The Morgan fingerprint density at radius 3 is 2.36 bits per heavy atom. The maximum Gasteiger partial charge on any atom is 0.242 e. The number of hydrogen-bond acceptors (Lipinski definition) is 3. The van der Waals surface area contributed by atoms with Crippen molar-refractivity contribution in [2.45, 2.75) is 26.7 Å². The summed E-state index contributed by atoms with van der Waals surface area (Å²) in [6.45, 7) is 3.02. The summed E-state index contributed by atoms with van der Waals surface area (Å²) in [4.78, 5) is 20.2. The van der Waals surface area contributed by atoms with Crippen molar-refractivity contribution in [3.63, 3.8) is 0 Å². The minimum atomic E-state index is -0.455. The molecule has 0 radical (unpaired) electrons. The van der Waals surface area contributed by atoms with Crippen LogP contribution < -0.4 is 0 Å². The first-order valence-electron chi connectivity index (χ1n) is 3.37. The molecule has 0 aromatic carbocycles. The second-order valence-electron chi connectivity index (χ2n) is 2.24. The van der Waals surface area contributed by atoms with Crippen LogP contribution in [0, 0.1) is 10.1 Å². The van der Waals surface area contributed by atoms with E-state index in [1.807, 2.05) is 0 Å². The van der Waals surface area contributed by atoms with Crippen molar-refractivity contribution in [1.82, 2.24) is 0 Å². The van der Waals surface area contributed by atoms with Crippen molar-refractivity contribution in [3.8, 4) is 0 Å². The van der Waals surface area contributed by atoms with Crippen LogP contribution in [0.5, 0.6) is 0 Å². The number of Topliss-reactive ketones (excluding diaryl/α,β-unsaturated/α-hetero) is 1. The van der Waals surface area contributed by atoms with Gasteiger partial charge in [-0.1, -0.05) is 0 Å². The fourth-order valence-electron chi connectivity index (χ4n) is 0.645. The smallest absolute Gasteiger partial charge is 0.242 e. The van der Waals surface area contributed by atoms with Crippen LogP contribution in [0.3, 0.4) is 0 Å². The predicted octanol–water partition coefficient (Wildman–Crippen LogP) is 1.54. The molecule has 0 saturated heterocycles. The van der Waals surface area contributed by atoms with Gasteiger partial charge in [-0.3, -0.25) is 10.1 Å². The molecule has 62 valence electrons. The van der Waals surface area contributed by atoms with Crippen LogP contribution >= 0.6 is 0 Å². The number of ketones is 1. The first-order chi connectivity index (χ1) is 5.07. The van der Waals surface area contributed by atoms with Crippen molar-refractivity contribution in [2.24, 2.45) is 0 Å². The van der Waals surface area contributed by atoms with Gasteiger partial charge < -0.3 is 4.79 Å². The lowest BCUT2D eigenvalue weighted by molar-refractivity contribution is -0.428. The quantitative estimate of drug-likeness (QED) is 0.459. The van der Waals surface area contributed by atoms with E-state index in [-0.39, 0.29) is 24.3 Å². The Bertz CT molecular complexity index is 196. The van der Waals surface area contributed by atoms with E-state index in [2.05, 4.69) is 0 Å². The normalized spacial score (nSPS) is 11.3. The van der Waals surface area contributed by atoms with Gasteiger partial charge in [0, 0.05) is 12.8 Å². The SMILES string of the molecule is C/C=C(/CCC(C)=O)[N+](=O)[O-]. The highest BCUT2D eigenvalue weighted by atomic mass is 16.6. The number of carbonyl (C=O) groups excluding carboxylic acids is 1. The molecule has 0 aliphatic heterocycles. The van der Waals surface area contributed by atoms with Crippen LogP contribution in [-0.2, 0) is 4.79 Å². The molecule has 4 heteroatoms. The molecule has 0 aromatic rings. The van der Waals surface area contributed by atoms with Gasteiger partial charge in [0.25, 0.3) is 0 Å². The highest BCUT2D eigenvalue weighted by Crippen LogP contribution is 2.05. The Hall–Kier alpha value is -1.19. The summed E-state index contributed by atoms with van der Waals surface area (Å²) >= 11 is 0. The molecule has 0 heterocycles. The number of carbonyl (C=O) groups is 1. The van der Waals surface area contributed by atoms with Crippen molar-refractivity contribution in [1.29, 1.82) is 0 Å². The average Bonchev–Trinajstić information content (AvgIpc) is 1.87. The van der Waals surface area contributed by atoms with Crippen molar-refractivity contribution in [2.75, 3.05) is 0 Å². The maximum absolute atomic E-state index is 10.4. The van der Waals surface area contributed by atoms with E-state index in [1.54, 1.807) is 6.92 Å². The van der Waals surface area contributed by atoms with Gasteiger partial charge >= 0.3 is 0 Å². The lowest BCUT2D eigenvalue weighted by Gasteiger charge is -1.93. The minimum Gasteiger partial charge on any atom is -0.300 e. The fraction of sp³-hybridized carbons (Fsp3) is 0.571. The lowest BCUT2D eigenvalue weighted by atomic mass is 10.2. The minimum absolute atomic E-state index is 0.0220. The van der Waals surface area contributed by atoms with Gasteiger partial charge in [-0.25, -0.2) is 0 Å². The summed E-state index contributed by atoms with van der Waals surface area (Å²) in [5, 5.41) is 10.2. The number of hydrogen-bond donors (Lipinski definition) is 0. The van der Waals surface area contributed by atoms with Crippen LogP contribution in [0.15, 0.2) is 11.8 Å². The molecule has 0 saturated carbocycles. The molecule has 0 spiro atoms. The van der Waals surface area contributed by atoms with E-state index in [0.717, 1.165) is 0 Å². The van der Waals surface area contributed by atoms with E-state index in [4.69, 9.17) is 0 Å². The lowest BCUT2D eigenvalue weighted by Crippen LogP contribution is -2.00. The van der Waals surface area contributed by atoms with Crippen molar-refractivity contribution < 1.29 is 9.72 Å². The summed E-state index contributed by atoms with van der Waals surface area (Å²) in [5.74, 6) is -0.0220. The van der Waals surface area contributed by atoms with E-state index in [9.17, 15) is 14.9 Å². The summed E-state index contributed by atoms with van der Waals surface area (Å²) in [6, 6.07) is 0. The number of rotatable bonds is 4. The first kappa shape index (κ1) is 9.81. The van der Waals surface area contributed by atoms with E-state index in [1.165, 1.54) is 13.0 Å². The molecule has 0 atom stereocenters. The van der Waals surface area contributed by atoms with Gasteiger partial charge in [0.1, 0.15) is 5.78 Å². The fourth-order valence-corrected chi connectivity index (χ4v) is 0.645. The Morgan fingerprint density at radius 2 is 2.09 bits per heavy atom. The van der Waals surface area contributed by atoms with Crippen molar-refractivity contribution >= 4 is 5.78 Å². The van der Waals surface area contributed by atoms with Gasteiger partial charge in [-0.2, -0.15) is 0 Å². The molecular weight excluding hydrogens is 146 g/mol. The Kier molecular flexibility index (Phi) is 4.10. The van der Waals surface area contributed by atoms with E-state index in [0.29, 0.717) is 0 Å². The number of nitro groups is 1. The Labute approximate surface area is 65.1 Å². The molecule has 0 bridgehead atoms. The largest absolute Gasteiger partial charge is 0.300 e. The molecule has 0 aliphatic rings. The van der Waals surface area contributed by atoms with Gasteiger partial charge in [0.05, 0.1) is 4.92 Å². The average molecular weight is 157 g/mol. The molecule has 4 nitrogen and oxygen atoms in total. The molecule has 0 amide bonds. The molecule has 0 rings (SSSR count). The molecule has 0 fully saturated rings. The van der Waals surface area contributed by atoms with Gasteiger partial charge in [0.2, 0.25) is 5.70 Å². The predicted molar refractivity (Wildman–Crippen MR) is 40.7 cm³/mol. The summed E-state index contributed by atoms with van der Waals surface area (Å²) < 4.78 is 0. The van der Waals surface area contributed by atoms with Crippen LogP contribution in [0.2, 0.25) is 0 Å². The zero-order chi connectivity index (χ0) is 8.85. The van der Waals surface area contributed by atoms with E-state index < -0.39 is 4.92 Å². The maximum atomic E-state index is 10.4.